The van der Waals surface area contributed by atoms with Gasteiger partial charge in [-0.25, -0.2) is 0 Å². The number of para-hydroxylation sites is 1. The number of carbonyl (C=O) groups excluding carboxylic acids is 2. The molecule has 2 aromatic rings. The van der Waals surface area contributed by atoms with Crippen LogP contribution in [0.4, 0.5) is 0 Å². The second-order valence-corrected chi connectivity index (χ2v) is 7.04. The second-order valence-electron chi connectivity index (χ2n) is 7.04. The molecule has 0 bridgehead atoms. The Morgan fingerprint density at radius 2 is 1.89 bits per heavy atom. The van der Waals surface area contributed by atoms with Crippen LogP contribution in [-0.2, 0) is 4.79 Å². The molecule has 1 aliphatic rings. The third-order valence-corrected chi connectivity index (χ3v) is 4.99. The number of amides is 2. The smallest absolute Gasteiger partial charge is 0.252 e. The Kier molecular flexibility index (Phi) is 7.41. The zero-order chi connectivity index (χ0) is 19.6. The summed E-state index contributed by atoms with van der Waals surface area (Å²) in [7, 11) is 0. The van der Waals surface area contributed by atoms with Gasteiger partial charge in [0.2, 0.25) is 5.91 Å². The van der Waals surface area contributed by atoms with E-state index >= 15 is 0 Å². The number of pyridine rings is 1. The number of piperidine rings is 1. The molecule has 2 amide bonds. The summed E-state index contributed by atoms with van der Waals surface area (Å²) in [6.07, 6.45) is 6.28. The molecule has 0 unspecified atom stereocenters. The first-order chi connectivity index (χ1) is 13.7. The summed E-state index contributed by atoms with van der Waals surface area (Å²) in [4.78, 5) is 30.3. The molecule has 0 atom stereocenters. The van der Waals surface area contributed by atoms with Crippen molar-refractivity contribution in [1.29, 1.82) is 0 Å². The Labute approximate surface area is 165 Å². The Morgan fingerprint density at radius 1 is 1.11 bits per heavy atom. The predicted octanol–water partition coefficient (Wildman–Crippen LogP) is 2.91. The van der Waals surface area contributed by atoms with Crippen molar-refractivity contribution < 1.29 is 14.3 Å². The van der Waals surface area contributed by atoms with E-state index in [1.54, 1.807) is 24.5 Å². The maximum absolute atomic E-state index is 12.4. The van der Waals surface area contributed by atoms with Gasteiger partial charge in [-0.2, -0.15) is 0 Å². The van der Waals surface area contributed by atoms with Gasteiger partial charge in [-0.05, 0) is 49.4 Å². The monoisotopic (exact) mass is 381 g/mol. The molecule has 6 nitrogen and oxygen atoms in total. The SMILES string of the molecule is O=C(NCC1CCN(C(=O)CCCOc2ccccc2)CC1)c1cccnc1. The van der Waals surface area contributed by atoms with Gasteiger partial charge in [0.1, 0.15) is 5.75 Å². The molecule has 0 aliphatic carbocycles. The first-order valence-corrected chi connectivity index (χ1v) is 9.86. The molecule has 148 valence electrons. The van der Waals surface area contributed by atoms with E-state index in [4.69, 9.17) is 4.74 Å². The van der Waals surface area contributed by atoms with Gasteiger partial charge in [-0.1, -0.05) is 18.2 Å². The van der Waals surface area contributed by atoms with Crippen molar-refractivity contribution in [3.63, 3.8) is 0 Å². The van der Waals surface area contributed by atoms with Gasteiger partial charge >= 0.3 is 0 Å². The molecule has 2 heterocycles. The Hall–Kier alpha value is -2.89. The van der Waals surface area contributed by atoms with Crippen molar-refractivity contribution in [3.8, 4) is 5.75 Å². The molecular weight excluding hydrogens is 354 g/mol. The van der Waals surface area contributed by atoms with Crippen molar-refractivity contribution in [2.45, 2.75) is 25.7 Å². The third kappa shape index (κ3) is 6.08. The average Bonchev–Trinajstić information content (AvgIpc) is 2.76. The Balaban J connectivity index is 1.30. The van der Waals surface area contributed by atoms with Crippen molar-refractivity contribution in [2.24, 2.45) is 5.92 Å². The fourth-order valence-corrected chi connectivity index (χ4v) is 3.31. The van der Waals surface area contributed by atoms with Crippen molar-refractivity contribution in [1.82, 2.24) is 15.2 Å². The Bertz CT molecular complexity index is 744. The summed E-state index contributed by atoms with van der Waals surface area (Å²) in [5.41, 5.74) is 0.577. The van der Waals surface area contributed by atoms with Crippen LogP contribution in [-0.4, -0.2) is 47.9 Å². The largest absolute Gasteiger partial charge is 0.494 e. The van der Waals surface area contributed by atoms with Gasteiger partial charge in [0.05, 0.1) is 12.2 Å². The maximum Gasteiger partial charge on any atom is 0.252 e. The summed E-state index contributed by atoms with van der Waals surface area (Å²) in [6, 6.07) is 13.2. The highest BCUT2D eigenvalue weighted by Crippen LogP contribution is 2.18. The minimum Gasteiger partial charge on any atom is -0.494 e. The number of carbonyl (C=O) groups is 2. The van der Waals surface area contributed by atoms with Crippen LogP contribution in [0.25, 0.3) is 0 Å². The highest BCUT2D eigenvalue weighted by Gasteiger charge is 2.23. The lowest BCUT2D eigenvalue weighted by Gasteiger charge is -2.32. The summed E-state index contributed by atoms with van der Waals surface area (Å²) < 4.78 is 5.64. The van der Waals surface area contributed by atoms with Gasteiger partial charge in [0, 0.05) is 38.4 Å². The van der Waals surface area contributed by atoms with E-state index in [9.17, 15) is 9.59 Å². The van der Waals surface area contributed by atoms with Crippen LogP contribution in [0.5, 0.6) is 5.75 Å². The summed E-state index contributed by atoms with van der Waals surface area (Å²) in [5, 5.41) is 2.97. The standard InChI is InChI=1S/C22H27N3O3/c26-21(9-5-15-28-20-7-2-1-3-8-20)25-13-10-18(11-14-25)16-24-22(27)19-6-4-12-23-17-19/h1-4,6-8,12,17-18H,5,9-11,13-16H2,(H,24,27). The molecule has 1 saturated heterocycles. The average molecular weight is 381 g/mol. The molecule has 6 heteroatoms. The van der Waals surface area contributed by atoms with Crippen LogP contribution in [0.3, 0.4) is 0 Å². The first kappa shape index (κ1) is 19.9. The van der Waals surface area contributed by atoms with Gasteiger partial charge in [0.25, 0.3) is 5.91 Å². The lowest BCUT2D eigenvalue weighted by atomic mass is 9.96. The third-order valence-electron chi connectivity index (χ3n) is 4.99. The zero-order valence-electron chi connectivity index (χ0n) is 16.0. The minimum atomic E-state index is -0.0926. The maximum atomic E-state index is 12.4. The van der Waals surface area contributed by atoms with Crippen LogP contribution in [0.1, 0.15) is 36.0 Å². The molecule has 1 aromatic carbocycles. The van der Waals surface area contributed by atoms with Gasteiger partial charge < -0.3 is 15.0 Å². The number of nitrogens with one attached hydrogen (secondary N) is 1. The van der Waals surface area contributed by atoms with Gasteiger partial charge in [0.15, 0.2) is 0 Å². The van der Waals surface area contributed by atoms with Crippen LogP contribution < -0.4 is 10.1 Å². The number of nitrogens with zero attached hydrogens (tertiary/aromatic N) is 2. The van der Waals surface area contributed by atoms with Crippen LogP contribution in [0.2, 0.25) is 0 Å². The van der Waals surface area contributed by atoms with E-state index in [-0.39, 0.29) is 11.8 Å². The fraction of sp³-hybridized carbons (Fsp3) is 0.409. The molecule has 1 aromatic heterocycles. The van der Waals surface area contributed by atoms with Crippen molar-refractivity contribution in [3.05, 3.63) is 60.4 Å². The van der Waals surface area contributed by atoms with E-state index in [0.29, 0.717) is 31.1 Å². The number of aromatic nitrogens is 1. The molecular formula is C22H27N3O3. The fourth-order valence-electron chi connectivity index (χ4n) is 3.31. The molecule has 1 fully saturated rings. The van der Waals surface area contributed by atoms with Crippen LogP contribution in [0.15, 0.2) is 54.9 Å². The Morgan fingerprint density at radius 3 is 2.61 bits per heavy atom. The second kappa shape index (κ2) is 10.4. The van der Waals surface area contributed by atoms with Crippen LogP contribution >= 0.6 is 0 Å². The predicted molar refractivity (Wildman–Crippen MR) is 107 cm³/mol. The van der Waals surface area contributed by atoms with Crippen molar-refractivity contribution >= 4 is 11.8 Å². The molecule has 0 radical (unpaired) electrons. The number of rotatable bonds is 8. The van der Waals surface area contributed by atoms with Crippen LogP contribution in [0, 0.1) is 5.92 Å². The molecule has 1 N–H and O–H groups in total. The zero-order valence-corrected chi connectivity index (χ0v) is 16.0. The van der Waals surface area contributed by atoms with Gasteiger partial charge in [-0.3, -0.25) is 14.6 Å². The van der Waals surface area contributed by atoms with Crippen molar-refractivity contribution in [2.75, 3.05) is 26.2 Å². The molecule has 3 rings (SSSR count). The number of hydrogen-bond donors (Lipinski definition) is 1. The number of benzene rings is 1. The number of ether oxygens (including phenoxy) is 1. The molecule has 1 aliphatic heterocycles. The topological polar surface area (TPSA) is 71.5 Å². The van der Waals surface area contributed by atoms with E-state index in [2.05, 4.69) is 10.3 Å². The molecule has 0 saturated carbocycles. The minimum absolute atomic E-state index is 0.0926. The summed E-state index contributed by atoms with van der Waals surface area (Å²) in [6.45, 7) is 2.70. The summed E-state index contributed by atoms with van der Waals surface area (Å²) in [5.74, 6) is 1.34. The van der Waals surface area contributed by atoms with E-state index in [0.717, 1.165) is 38.1 Å². The normalized spacial score (nSPS) is 14.5. The summed E-state index contributed by atoms with van der Waals surface area (Å²) >= 11 is 0. The number of hydrogen-bond acceptors (Lipinski definition) is 4. The molecule has 0 spiro atoms. The molecule has 28 heavy (non-hydrogen) atoms. The lowest BCUT2D eigenvalue weighted by molar-refractivity contribution is -0.132. The highest BCUT2D eigenvalue weighted by atomic mass is 16.5. The quantitative estimate of drug-likeness (QED) is 0.714. The van der Waals surface area contributed by atoms with Gasteiger partial charge in [-0.15, -0.1) is 0 Å². The van der Waals surface area contributed by atoms with E-state index in [1.165, 1.54) is 0 Å². The van der Waals surface area contributed by atoms with E-state index in [1.807, 2.05) is 35.2 Å². The highest BCUT2D eigenvalue weighted by molar-refractivity contribution is 5.93. The first-order valence-electron chi connectivity index (χ1n) is 9.86. The number of likely N-dealkylation sites (tertiary alicyclic amines) is 1. The van der Waals surface area contributed by atoms with E-state index < -0.39 is 0 Å². The lowest BCUT2D eigenvalue weighted by Crippen LogP contribution is -2.41.